The minimum absolute atomic E-state index is 0.117. The third-order valence-electron chi connectivity index (χ3n) is 4.82. The lowest BCUT2D eigenvalue weighted by Crippen LogP contribution is -2.55. The average molecular weight is 356 g/mol. The van der Waals surface area contributed by atoms with E-state index in [1.54, 1.807) is 7.11 Å². The van der Waals surface area contributed by atoms with E-state index in [1.807, 2.05) is 48.5 Å². The summed E-state index contributed by atoms with van der Waals surface area (Å²) in [6.07, 6.45) is -0.584. The van der Waals surface area contributed by atoms with Crippen LogP contribution >= 0.6 is 0 Å². The van der Waals surface area contributed by atoms with Crippen LogP contribution in [-0.2, 0) is 30.3 Å². The molecular weight excluding hydrogens is 332 g/mol. The number of rotatable bonds is 5. The molecular formula is C21H24O5. The molecule has 0 saturated carbocycles. The van der Waals surface area contributed by atoms with Gasteiger partial charge in [-0.1, -0.05) is 60.7 Å². The first-order valence-corrected chi connectivity index (χ1v) is 8.99. The molecule has 2 aliphatic rings. The zero-order valence-corrected chi connectivity index (χ0v) is 14.8. The van der Waals surface area contributed by atoms with Gasteiger partial charge in [0.25, 0.3) is 0 Å². The molecule has 2 aliphatic heterocycles. The van der Waals surface area contributed by atoms with Gasteiger partial charge in [-0.15, -0.1) is 0 Å². The molecule has 0 bridgehead atoms. The fourth-order valence-electron chi connectivity index (χ4n) is 3.44. The summed E-state index contributed by atoms with van der Waals surface area (Å²) in [5, 5.41) is 0. The summed E-state index contributed by atoms with van der Waals surface area (Å²) >= 11 is 0. The van der Waals surface area contributed by atoms with Crippen molar-refractivity contribution in [3.05, 3.63) is 71.8 Å². The van der Waals surface area contributed by atoms with Crippen LogP contribution in [-0.4, -0.2) is 38.3 Å². The topological polar surface area (TPSA) is 46.2 Å². The third kappa shape index (κ3) is 3.98. The number of methoxy groups -OCH3 is 1. The largest absolute Gasteiger partial charge is 0.371 e. The molecule has 2 saturated heterocycles. The van der Waals surface area contributed by atoms with Gasteiger partial charge in [-0.05, 0) is 5.56 Å². The van der Waals surface area contributed by atoms with Crippen LogP contribution in [0.5, 0.6) is 0 Å². The Balaban J connectivity index is 1.47. The standard InChI is InChI=1S/C21H24O5/c1-22-19-12-17(23-13-15-8-4-2-5-9-15)20-18(25-19)14-24-21(26-20)16-10-6-3-7-11-16/h2-11,17-21H,12-14H2,1H3/t17-,18+,19-,20-,21-/m0/s1. The van der Waals surface area contributed by atoms with E-state index in [0.717, 1.165) is 11.1 Å². The van der Waals surface area contributed by atoms with Gasteiger partial charge in [-0.2, -0.15) is 0 Å². The molecule has 2 aromatic carbocycles. The van der Waals surface area contributed by atoms with Gasteiger partial charge in [0.2, 0.25) is 0 Å². The normalized spacial score (nSPS) is 31.3. The molecule has 0 N–H and O–H groups in total. The summed E-state index contributed by atoms with van der Waals surface area (Å²) in [7, 11) is 1.65. The van der Waals surface area contributed by atoms with Gasteiger partial charge in [-0.3, -0.25) is 0 Å². The highest BCUT2D eigenvalue weighted by molar-refractivity contribution is 5.17. The van der Waals surface area contributed by atoms with Crippen LogP contribution in [0.2, 0.25) is 0 Å². The Morgan fingerprint density at radius 2 is 1.69 bits per heavy atom. The number of ether oxygens (including phenoxy) is 5. The molecule has 2 fully saturated rings. The quantitative estimate of drug-likeness (QED) is 0.821. The highest BCUT2D eigenvalue weighted by Gasteiger charge is 2.45. The van der Waals surface area contributed by atoms with Gasteiger partial charge >= 0.3 is 0 Å². The molecule has 2 aromatic rings. The second kappa shape index (κ2) is 8.29. The van der Waals surface area contributed by atoms with E-state index < -0.39 is 6.29 Å². The second-order valence-electron chi connectivity index (χ2n) is 6.59. The summed E-state index contributed by atoms with van der Waals surface area (Å²) in [6, 6.07) is 20.1. The van der Waals surface area contributed by atoms with Crippen LogP contribution in [0.1, 0.15) is 23.8 Å². The Kier molecular flexibility index (Phi) is 5.62. The third-order valence-corrected chi connectivity index (χ3v) is 4.82. The maximum Gasteiger partial charge on any atom is 0.184 e. The fourth-order valence-corrected chi connectivity index (χ4v) is 3.44. The molecule has 0 aromatic heterocycles. The van der Waals surface area contributed by atoms with E-state index in [1.165, 1.54) is 0 Å². The molecule has 2 heterocycles. The molecule has 0 unspecified atom stereocenters. The van der Waals surface area contributed by atoms with Crippen LogP contribution in [0.3, 0.4) is 0 Å². The van der Waals surface area contributed by atoms with Crippen molar-refractivity contribution in [2.75, 3.05) is 13.7 Å². The maximum absolute atomic E-state index is 6.24. The van der Waals surface area contributed by atoms with Crippen molar-refractivity contribution < 1.29 is 23.7 Å². The van der Waals surface area contributed by atoms with Gasteiger partial charge in [0.1, 0.15) is 12.2 Å². The van der Waals surface area contributed by atoms with Crippen LogP contribution in [0.25, 0.3) is 0 Å². The molecule has 5 atom stereocenters. The molecule has 0 spiro atoms. The van der Waals surface area contributed by atoms with Gasteiger partial charge in [0, 0.05) is 19.1 Å². The highest BCUT2D eigenvalue weighted by atomic mass is 16.7. The molecule has 4 rings (SSSR count). The molecule has 138 valence electrons. The fraction of sp³-hybridized carbons (Fsp3) is 0.429. The smallest absolute Gasteiger partial charge is 0.184 e. The van der Waals surface area contributed by atoms with Crippen molar-refractivity contribution in [1.82, 2.24) is 0 Å². The lowest BCUT2D eigenvalue weighted by molar-refractivity contribution is -0.339. The van der Waals surface area contributed by atoms with Crippen LogP contribution in [0.4, 0.5) is 0 Å². The van der Waals surface area contributed by atoms with Crippen molar-refractivity contribution in [3.63, 3.8) is 0 Å². The zero-order chi connectivity index (χ0) is 17.8. The van der Waals surface area contributed by atoms with Crippen molar-refractivity contribution in [1.29, 1.82) is 0 Å². The van der Waals surface area contributed by atoms with E-state index in [2.05, 4.69) is 12.1 Å². The summed E-state index contributed by atoms with van der Waals surface area (Å²) in [6.45, 7) is 0.987. The molecule has 5 heteroatoms. The summed E-state index contributed by atoms with van der Waals surface area (Å²) in [4.78, 5) is 0. The Morgan fingerprint density at radius 3 is 2.42 bits per heavy atom. The van der Waals surface area contributed by atoms with E-state index in [-0.39, 0.29) is 24.6 Å². The lowest BCUT2D eigenvalue weighted by atomic mass is 10.00. The van der Waals surface area contributed by atoms with Gasteiger partial charge < -0.3 is 23.7 Å². The first-order valence-electron chi connectivity index (χ1n) is 8.99. The molecule has 26 heavy (non-hydrogen) atoms. The Hall–Kier alpha value is -1.76. The van der Waals surface area contributed by atoms with Crippen molar-refractivity contribution in [3.8, 4) is 0 Å². The first kappa shape index (κ1) is 17.6. The van der Waals surface area contributed by atoms with E-state index in [4.69, 9.17) is 23.7 Å². The predicted octanol–water partition coefficient (Wildman–Crippen LogP) is 3.45. The van der Waals surface area contributed by atoms with Gasteiger partial charge in [0.05, 0.1) is 19.3 Å². The molecule has 0 radical (unpaired) electrons. The number of hydrogen-bond acceptors (Lipinski definition) is 5. The van der Waals surface area contributed by atoms with E-state index in [0.29, 0.717) is 19.6 Å². The van der Waals surface area contributed by atoms with Gasteiger partial charge in [-0.25, -0.2) is 0 Å². The second-order valence-corrected chi connectivity index (χ2v) is 6.59. The number of fused-ring (bicyclic) bond motifs is 1. The monoisotopic (exact) mass is 356 g/mol. The van der Waals surface area contributed by atoms with Crippen LogP contribution in [0.15, 0.2) is 60.7 Å². The Bertz CT molecular complexity index is 677. The molecule has 0 amide bonds. The number of hydrogen-bond donors (Lipinski definition) is 0. The number of benzene rings is 2. The van der Waals surface area contributed by atoms with Gasteiger partial charge in [0.15, 0.2) is 12.6 Å². The summed E-state index contributed by atoms with van der Waals surface area (Å²) in [5.74, 6) is 0. The average Bonchev–Trinajstić information content (AvgIpc) is 2.72. The van der Waals surface area contributed by atoms with Crippen molar-refractivity contribution in [2.45, 2.75) is 43.9 Å². The van der Waals surface area contributed by atoms with E-state index in [9.17, 15) is 0 Å². The van der Waals surface area contributed by atoms with Crippen LogP contribution < -0.4 is 0 Å². The SMILES string of the molecule is CO[C@@H]1C[C@H](OCc2ccccc2)[C@@H]2O[C@@H](c3ccccc3)OC[C@H]2O1. The highest BCUT2D eigenvalue weighted by Crippen LogP contribution is 2.35. The van der Waals surface area contributed by atoms with Crippen LogP contribution in [0, 0.1) is 0 Å². The Morgan fingerprint density at radius 1 is 0.962 bits per heavy atom. The maximum atomic E-state index is 6.24. The van der Waals surface area contributed by atoms with Crippen molar-refractivity contribution >= 4 is 0 Å². The zero-order valence-electron chi connectivity index (χ0n) is 14.8. The van der Waals surface area contributed by atoms with E-state index >= 15 is 0 Å². The summed E-state index contributed by atoms with van der Waals surface area (Å²) in [5.41, 5.74) is 2.14. The molecule has 5 nitrogen and oxygen atoms in total. The lowest BCUT2D eigenvalue weighted by Gasteiger charge is -2.45. The minimum atomic E-state index is -0.400. The predicted molar refractivity (Wildman–Crippen MR) is 95.3 cm³/mol. The summed E-state index contributed by atoms with van der Waals surface area (Å²) < 4.78 is 29.7. The first-order chi connectivity index (χ1) is 12.8. The molecule has 0 aliphatic carbocycles. The Labute approximate surface area is 153 Å². The van der Waals surface area contributed by atoms with Crippen molar-refractivity contribution in [2.24, 2.45) is 0 Å². The minimum Gasteiger partial charge on any atom is -0.371 e.